The predicted molar refractivity (Wildman–Crippen MR) is 95.6 cm³/mol. The number of carbonyl (C=O) groups excluding carboxylic acids is 1. The summed E-state index contributed by atoms with van der Waals surface area (Å²) < 4.78 is 43.2. The number of ether oxygens (including phenoxy) is 1. The van der Waals surface area contributed by atoms with Gasteiger partial charge in [-0.15, -0.1) is 0 Å². The van der Waals surface area contributed by atoms with Crippen molar-refractivity contribution in [2.24, 2.45) is 4.99 Å². The maximum Gasteiger partial charge on any atom is 0.416 e. The second kappa shape index (κ2) is 10.1. The number of halogens is 3. The SMILES string of the molecule is C=CC(=O)NCCOC(=N/C=C\C)C(=C)Nc1ccc(C(F)(F)F)cc1. The van der Waals surface area contributed by atoms with Crippen molar-refractivity contribution in [3.63, 3.8) is 0 Å². The van der Waals surface area contributed by atoms with Crippen LogP contribution in [0.4, 0.5) is 18.9 Å². The monoisotopic (exact) mass is 367 g/mol. The molecular weight excluding hydrogens is 347 g/mol. The molecule has 0 aliphatic carbocycles. The van der Waals surface area contributed by atoms with Crippen molar-refractivity contribution in [3.8, 4) is 0 Å². The highest BCUT2D eigenvalue weighted by molar-refractivity contribution is 5.96. The van der Waals surface area contributed by atoms with Crippen molar-refractivity contribution in [1.82, 2.24) is 5.32 Å². The van der Waals surface area contributed by atoms with Crippen LogP contribution in [0.2, 0.25) is 0 Å². The molecule has 1 aromatic rings. The molecule has 2 N–H and O–H groups in total. The number of alkyl halides is 3. The molecule has 140 valence electrons. The molecule has 5 nitrogen and oxygen atoms in total. The first kappa shape index (κ1) is 21.0. The van der Waals surface area contributed by atoms with Gasteiger partial charge >= 0.3 is 6.18 Å². The van der Waals surface area contributed by atoms with Crippen LogP contribution in [0, 0.1) is 0 Å². The number of nitrogens with zero attached hydrogens (tertiary/aromatic N) is 1. The van der Waals surface area contributed by atoms with Gasteiger partial charge in [0.25, 0.3) is 0 Å². The summed E-state index contributed by atoms with van der Waals surface area (Å²) in [6.07, 6.45) is -0.0987. The lowest BCUT2D eigenvalue weighted by atomic mass is 10.2. The molecule has 1 rings (SSSR count). The summed E-state index contributed by atoms with van der Waals surface area (Å²) in [6, 6.07) is 4.49. The molecule has 1 aromatic carbocycles. The number of nitrogens with one attached hydrogen (secondary N) is 2. The van der Waals surface area contributed by atoms with Gasteiger partial charge in [-0.05, 0) is 37.3 Å². The third kappa shape index (κ3) is 7.25. The summed E-state index contributed by atoms with van der Waals surface area (Å²) >= 11 is 0. The maximum absolute atomic E-state index is 12.6. The lowest BCUT2D eigenvalue weighted by Gasteiger charge is -2.14. The van der Waals surface area contributed by atoms with Gasteiger partial charge in [0.05, 0.1) is 17.8 Å². The molecule has 0 bridgehead atoms. The highest BCUT2D eigenvalue weighted by Crippen LogP contribution is 2.30. The number of hydrogen-bond acceptors (Lipinski definition) is 4. The number of amides is 1. The second-order valence-electron chi connectivity index (χ2n) is 4.94. The van der Waals surface area contributed by atoms with Gasteiger partial charge in [0.2, 0.25) is 11.8 Å². The average molecular weight is 367 g/mol. The highest BCUT2D eigenvalue weighted by atomic mass is 19.4. The average Bonchev–Trinajstić information content (AvgIpc) is 2.60. The van der Waals surface area contributed by atoms with Crippen molar-refractivity contribution in [2.45, 2.75) is 13.1 Å². The third-order valence-electron chi connectivity index (χ3n) is 2.93. The standard InChI is InChI=1S/C18H20F3N3O2/c1-4-10-23-17(26-12-11-22-16(25)5-2)13(3)24-15-8-6-14(7-9-15)18(19,20)21/h4-10,24H,2-3,11-12H2,1H3,(H,22,25)/b10-4-,23-17?. The van der Waals surface area contributed by atoms with Crippen LogP contribution < -0.4 is 10.6 Å². The van der Waals surface area contributed by atoms with Gasteiger partial charge < -0.3 is 15.4 Å². The topological polar surface area (TPSA) is 62.7 Å². The van der Waals surface area contributed by atoms with Gasteiger partial charge in [-0.25, -0.2) is 4.99 Å². The van der Waals surface area contributed by atoms with Crippen LogP contribution >= 0.6 is 0 Å². The van der Waals surface area contributed by atoms with Crippen molar-refractivity contribution in [1.29, 1.82) is 0 Å². The molecule has 0 fully saturated rings. The Hall–Kier alpha value is -3.03. The number of hydrogen-bond donors (Lipinski definition) is 2. The Balaban J connectivity index is 2.71. The number of benzene rings is 1. The minimum absolute atomic E-state index is 0.129. The fourth-order valence-corrected chi connectivity index (χ4v) is 1.71. The predicted octanol–water partition coefficient (Wildman–Crippen LogP) is 3.88. The van der Waals surface area contributed by atoms with Crippen LogP contribution in [0.1, 0.15) is 12.5 Å². The Bertz CT molecular complexity index is 693. The molecule has 0 heterocycles. The Morgan fingerprint density at radius 1 is 1.31 bits per heavy atom. The number of rotatable bonds is 8. The first-order chi connectivity index (χ1) is 12.3. The van der Waals surface area contributed by atoms with Crippen molar-refractivity contribution in [2.75, 3.05) is 18.5 Å². The van der Waals surface area contributed by atoms with Crippen LogP contribution in [-0.2, 0) is 15.7 Å². The summed E-state index contributed by atoms with van der Waals surface area (Å²) in [5.41, 5.74) is -0.0803. The van der Waals surface area contributed by atoms with E-state index < -0.39 is 11.7 Å². The minimum atomic E-state index is -4.40. The summed E-state index contributed by atoms with van der Waals surface area (Å²) in [4.78, 5) is 15.1. The maximum atomic E-state index is 12.6. The van der Waals surface area contributed by atoms with Gasteiger partial charge in [-0.3, -0.25) is 4.79 Å². The third-order valence-corrected chi connectivity index (χ3v) is 2.93. The molecule has 0 aliphatic heterocycles. The van der Waals surface area contributed by atoms with Crippen LogP contribution in [0.25, 0.3) is 0 Å². The number of aliphatic imine (C=N–C) groups is 1. The Labute approximate surface area is 150 Å². The number of allylic oxidation sites excluding steroid dienone is 1. The van der Waals surface area contributed by atoms with E-state index in [0.29, 0.717) is 5.69 Å². The van der Waals surface area contributed by atoms with E-state index in [1.807, 2.05) is 0 Å². The fraction of sp³-hybridized carbons (Fsp3) is 0.222. The summed E-state index contributed by atoms with van der Waals surface area (Å²) in [6.45, 7) is 9.23. The van der Waals surface area contributed by atoms with E-state index in [1.165, 1.54) is 18.3 Å². The quantitative estimate of drug-likeness (QED) is 0.317. The fourth-order valence-electron chi connectivity index (χ4n) is 1.71. The molecule has 0 saturated carbocycles. The summed E-state index contributed by atoms with van der Waals surface area (Å²) in [7, 11) is 0. The molecule has 0 spiro atoms. The summed E-state index contributed by atoms with van der Waals surface area (Å²) in [5, 5.41) is 5.38. The molecule has 26 heavy (non-hydrogen) atoms. The van der Waals surface area contributed by atoms with E-state index in [1.54, 1.807) is 13.0 Å². The Morgan fingerprint density at radius 3 is 2.50 bits per heavy atom. The van der Waals surface area contributed by atoms with Gasteiger partial charge in [-0.1, -0.05) is 19.2 Å². The lowest BCUT2D eigenvalue weighted by molar-refractivity contribution is -0.137. The zero-order chi connectivity index (χ0) is 19.6. The van der Waals surface area contributed by atoms with Crippen LogP contribution in [0.15, 0.2) is 66.5 Å². The largest absolute Gasteiger partial charge is 0.474 e. The zero-order valence-corrected chi connectivity index (χ0v) is 14.3. The summed E-state index contributed by atoms with van der Waals surface area (Å²) in [5.74, 6) is -0.182. The normalized spacial score (nSPS) is 11.9. The molecule has 0 unspecified atom stereocenters. The van der Waals surface area contributed by atoms with E-state index >= 15 is 0 Å². The minimum Gasteiger partial charge on any atom is -0.474 e. The van der Waals surface area contributed by atoms with E-state index in [2.05, 4.69) is 28.8 Å². The van der Waals surface area contributed by atoms with E-state index in [9.17, 15) is 18.0 Å². The molecule has 0 atom stereocenters. The highest BCUT2D eigenvalue weighted by Gasteiger charge is 2.29. The molecule has 1 amide bonds. The number of carbonyl (C=O) groups is 1. The number of anilines is 1. The molecular formula is C18H20F3N3O2. The Kier molecular flexibility index (Phi) is 8.14. The second-order valence-corrected chi connectivity index (χ2v) is 4.94. The van der Waals surface area contributed by atoms with Gasteiger partial charge in [0, 0.05) is 11.9 Å². The molecule has 0 aliphatic rings. The van der Waals surface area contributed by atoms with Crippen molar-refractivity contribution >= 4 is 17.5 Å². The first-order valence-electron chi connectivity index (χ1n) is 7.63. The van der Waals surface area contributed by atoms with Gasteiger partial charge in [0.1, 0.15) is 6.61 Å². The van der Waals surface area contributed by atoms with Gasteiger partial charge in [-0.2, -0.15) is 13.2 Å². The smallest absolute Gasteiger partial charge is 0.416 e. The molecule has 0 radical (unpaired) electrons. The van der Waals surface area contributed by atoms with Crippen LogP contribution in [0.5, 0.6) is 0 Å². The van der Waals surface area contributed by atoms with Crippen molar-refractivity contribution < 1.29 is 22.7 Å². The van der Waals surface area contributed by atoms with Gasteiger partial charge in [0.15, 0.2) is 0 Å². The molecule has 0 saturated heterocycles. The van der Waals surface area contributed by atoms with E-state index in [-0.39, 0.29) is 30.7 Å². The van der Waals surface area contributed by atoms with E-state index in [4.69, 9.17) is 4.74 Å². The zero-order valence-electron chi connectivity index (χ0n) is 14.3. The molecule has 8 heteroatoms. The molecule has 0 aromatic heterocycles. The lowest BCUT2D eigenvalue weighted by Crippen LogP contribution is -2.27. The van der Waals surface area contributed by atoms with Crippen molar-refractivity contribution in [3.05, 3.63) is 67.0 Å². The van der Waals surface area contributed by atoms with E-state index in [0.717, 1.165) is 18.2 Å². The van der Waals surface area contributed by atoms with Crippen LogP contribution in [0.3, 0.4) is 0 Å². The van der Waals surface area contributed by atoms with Crippen LogP contribution in [-0.4, -0.2) is 25.0 Å². The Morgan fingerprint density at radius 2 is 1.96 bits per heavy atom. The first-order valence-corrected chi connectivity index (χ1v) is 7.63.